The molecular formula is C22H31N3O2. The number of hydrogen-bond acceptors (Lipinski definition) is 3. The molecule has 0 radical (unpaired) electrons. The van der Waals surface area contributed by atoms with Crippen LogP contribution in [0.25, 0.3) is 10.9 Å². The van der Waals surface area contributed by atoms with E-state index < -0.39 is 0 Å². The minimum atomic E-state index is 0.121. The van der Waals surface area contributed by atoms with Crippen LogP contribution in [0.5, 0.6) is 0 Å². The zero-order chi connectivity index (χ0) is 18.6. The molecule has 1 aromatic heterocycles. The molecule has 5 nitrogen and oxygen atoms in total. The molecule has 0 spiro atoms. The lowest BCUT2D eigenvalue weighted by molar-refractivity contribution is -0.122. The van der Waals surface area contributed by atoms with E-state index >= 15 is 0 Å². The second-order valence-corrected chi connectivity index (χ2v) is 8.27. The van der Waals surface area contributed by atoms with Crippen molar-refractivity contribution < 1.29 is 9.90 Å². The summed E-state index contributed by atoms with van der Waals surface area (Å²) in [7, 11) is 0. The Bertz CT molecular complexity index is 779. The maximum absolute atomic E-state index is 12.6. The summed E-state index contributed by atoms with van der Waals surface area (Å²) in [5.41, 5.74) is 2.40. The Labute approximate surface area is 161 Å². The van der Waals surface area contributed by atoms with Crippen LogP contribution in [-0.2, 0) is 17.9 Å². The fourth-order valence-electron chi connectivity index (χ4n) is 4.70. The standard InChI is InChI=1S/C22H31N3O2/c26-16-17-10-11-24(12-17)13-18-14-25(21-9-5-4-8-20(18)21)15-22(27)23-19-6-2-1-3-7-19/h4-5,8-9,14,17,19,26H,1-3,6-7,10-13,15-16H2,(H,23,27). The monoisotopic (exact) mass is 369 g/mol. The molecule has 1 aromatic carbocycles. The second-order valence-electron chi connectivity index (χ2n) is 8.27. The number of rotatable bonds is 6. The van der Waals surface area contributed by atoms with E-state index in [4.69, 9.17) is 0 Å². The van der Waals surface area contributed by atoms with Crippen LogP contribution in [0, 0.1) is 5.92 Å². The van der Waals surface area contributed by atoms with Crippen molar-refractivity contribution in [2.24, 2.45) is 5.92 Å². The lowest BCUT2D eigenvalue weighted by atomic mass is 9.95. The van der Waals surface area contributed by atoms with Crippen molar-refractivity contribution in [1.29, 1.82) is 0 Å². The summed E-state index contributed by atoms with van der Waals surface area (Å²) in [4.78, 5) is 15.0. The molecule has 1 saturated carbocycles. The molecule has 1 unspecified atom stereocenters. The highest BCUT2D eigenvalue weighted by Gasteiger charge is 2.23. The van der Waals surface area contributed by atoms with E-state index in [0.29, 0.717) is 18.5 Å². The molecule has 0 bridgehead atoms. The van der Waals surface area contributed by atoms with Crippen LogP contribution in [0.3, 0.4) is 0 Å². The van der Waals surface area contributed by atoms with Crippen LogP contribution in [-0.4, -0.2) is 46.2 Å². The minimum Gasteiger partial charge on any atom is -0.396 e. The summed E-state index contributed by atoms with van der Waals surface area (Å²) >= 11 is 0. The van der Waals surface area contributed by atoms with Gasteiger partial charge in [0, 0.05) is 42.8 Å². The van der Waals surface area contributed by atoms with Crippen molar-refractivity contribution in [2.45, 2.75) is 57.7 Å². The number of aromatic nitrogens is 1. The molecular weight excluding hydrogens is 338 g/mol. The zero-order valence-electron chi connectivity index (χ0n) is 16.1. The number of nitrogens with zero attached hydrogens (tertiary/aromatic N) is 2. The van der Waals surface area contributed by atoms with Gasteiger partial charge in [-0.1, -0.05) is 37.5 Å². The summed E-state index contributed by atoms with van der Waals surface area (Å²) in [6.07, 6.45) is 9.20. The Hall–Kier alpha value is -1.85. The molecule has 2 fully saturated rings. The van der Waals surface area contributed by atoms with Crippen LogP contribution >= 0.6 is 0 Å². The summed E-state index contributed by atoms with van der Waals surface area (Å²) in [6.45, 7) is 3.54. The normalized spacial score (nSPS) is 21.7. The maximum atomic E-state index is 12.6. The molecule has 1 atom stereocenters. The predicted octanol–water partition coefficient (Wildman–Crippen LogP) is 2.90. The van der Waals surface area contributed by atoms with Gasteiger partial charge in [0.05, 0.1) is 0 Å². The number of benzene rings is 1. The molecule has 1 aliphatic heterocycles. The topological polar surface area (TPSA) is 57.5 Å². The van der Waals surface area contributed by atoms with E-state index in [1.807, 2.05) is 6.07 Å². The quantitative estimate of drug-likeness (QED) is 0.823. The number of likely N-dealkylation sites (tertiary alicyclic amines) is 1. The van der Waals surface area contributed by atoms with Gasteiger partial charge in [-0.15, -0.1) is 0 Å². The van der Waals surface area contributed by atoms with Crippen LogP contribution < -0.4 is 5.32 Å². The highest BCUT2D eigenvalue weighted by atomic mass is 16.3. The third-order valence-corrected chi connectivity index (χ3v) is 6.18. The molecule has 2 heterocycles. The van der Waals surface area contributed by atoms with Crippen molar-refractivity contribution >= 4 is 16.8 Å². The average molecular weight is 370 g/mol. The van der Waals surface area contributed by atoms with E-state index in [1.165, 1.54) is 30.2 Å². The maximum Gasteiger partial charge on any atom is 0.240 e. The third-order valence-electron chi connectivity index (χ3n) is 6.18. The Morgan fingerprint density at radius 3 is 2.74 bits per heavy atom. The fraction of sp³-hybridized carbons (Fsp3) is 0.591. The number of amides is 1. The molecule has 1 amide bonds. The van der Waals surface area contributed by atoms with Crippen molar-refractivity contribution in [1.82, 2.24) is 14.8 Å². The van der Waals surface area contributed by atoms with Crippen LogP contribution in [0.15, 0.2) is 30.5 Å². The first kappa shape index (κ1) is 18.5. The van der Waals surface area contributed by atoms with Crippen LogP contribution in [0.1, 0.15) is 44.1 Å². The summed E-state index contributed by atoms with van der Waals surface area (Å²) in [6, 6.07) is 8.72. The van der Waals surface area contributed by atoms with Crippen molar-refractivity contribution in [2.75, 3.05) is 19.7 Å². The van der Waals surface area contributed by atoms with Gasteiger partial charge in [0.2, 0.25) is 5.91 Å². The van der Waals surface area contributed by atoms with Gasteiger partial charge >= 0.3 is 0 Å². The third kappa shape index (κ3) is 4.36. The lowest BCUT2D eigenvalue weighted by Crippen LogP contribution is -2.38. The van der Waals surface area contributed by atoms with E-state index in [2.05, 4.69) is 39.2 Å². The number of aliphatic hydroxyl groups excluding tert-OH is 1. The van der Waals surface area contributed by atoms with E-state index in [9.17, 15) is 9.90 Å². The highest BCUT2D eigenvalue weighted by Crippen LogP contribution is 2.25. The number of aliphatic hydroxyl groups is 1. The van der Waals surface area contributed by atoms with Gasteiger partial charge in [-0.2, -0.15) is 0 Å². The number of carbonyl (C=O) groups is 1. The number of carbonyl (C=O) groups excluding carboxylic acids is 1. The second kappa shape index (κ2) is 8.44. The number of para-hydroxylation sites is 1. The van der Waals surface area contributed by atoms with Gasteiger partial charge in [-0.05, 0) is 43.4 Å². The van der Waals surface area contributed by atoms with Gasteiger partial charge in [-0.25, -0.2) is 0 Å². The smallest absolute Gasteiger partial charge is 0.240 e. The number of hydrogen-bond donors (Lipinski definition) is 2. The molecule has 1 aliphatic carbocycles. The Kier molecular flexibility index (Phi) is 5.79. The minimum absolute atomic E-state index is 0.121. The van der Waals surface area contributed by atoms with Gasteiger partial charge < -0.3 is 15.0 Å². The largest absolute Gasteiger partial charge is 0.396 e. The predicted molar refractivity (Wildman–Crippen MR) is 107 cm³/mol. The van der Waals surface area contributed by atoms with Gasteiger partial charge in [0.25, 0.3) is 0 Å². The first-order valence-corrected chi connectivity index (χ1v) is 10.4. The highest BCUT2D eigenvalue weighted by molar-refractivity contribution is 5.86. The van der Waals surface area contributed by atoms with Gasteiger partial charge in [0.15, 0.2) is 0 Å². The molecule has 1 saturated heterocycles. The zero-order valence-corrected chi connectivity index (χ0v) is 16.1. The van der Waals surface area contributed by atoms with Crippen LogP contribution in [0.2, 0.25) is 0 Å². The van der Waals surface area contributed by atoms with Gasteiger partial charge in [-0.3, -0.25) is 9.69 Å². The Morgan fingerprint density at radius 1 is 1.15 bits per heavy atom. The number of nitrogens with one attached hydrogen (secondary N) is 1. The Balaban J connectivity index is 1.47. The summed E-state index contributed by atoms with van der Waals surface area (Å²) in [5, 5.41) is 13.8. The summed E-state index contributed by atoms with van der Waals surface area (Å²) in [5.74, 6) is 0.523. The molecule has 2 aliphatic rings. The van der Waals surface area contributed by atoms with Gasteiger partial charge in [0.1, 0.15) is 6.54 Å². The molecule has 146 valence electrons. The van der Waals surface area contributed by atoms with Crippen LogP contribution in [0.4, 0.5) is 0 Å². The number of fused-ring (bicyclic) bond motifs is 1. The van der Waals surface area contributed by atoms with E-state index in [-0.39, 0.29) is 12.5 Å². The first-order valence-electron chi connectivity index (χ1n) is 10.4. The fourth-order valence-corrected chi connectivity index (χ4v) is 4.70. The van der Waals surface area contributed by atoms with E-state index in [1.54, 1.807) is 0 Å². The molecule has 27 heavy (non-hydrogen) atoms. The van der Waals surface area contributed by atoms with Crippen molar-refractivity contribution in [3.8, 4) is 0 Å². The molecule has 2 aromatic rings. The average Bonchev–Trinajstić information content (AvgIpc) is 3.28. The first-order chi connectivity index (χ1) is 13.2. The summed E-state index contributed by atoms with van der Waals surface area (Å²) < 4.78 is 2.10. The molecule has 5 heteroatoms. The molecule has 2 N–H and O–H groups in total. The lowest BCUT2D eigenvalue weighted by Gasteiger charge is -2.22. The van der Waals surface area contributed by atoms with Crippen molar-refractivity contribution in [3.63, 3.8) is 0 Å². The SMILES string of the molecule is O=C(Cn1cc(CN2CCC(CO)C2)c2ccccc21)NC1CCCCC1. The Morgan fingerprint density at radius 2 is 1.96 bits per heavy atom. The van der Waals surface area contributed by atoms with E-state index in [0.717, 1.165) is 44.4 Å². The van der Waals surface area contributed by atoms with Crippen molar-refractivity contribution in [3.05, 3.63) is 36.0 Å². The molecule has 4 rings (SSSR count).